The average molecular weight is 417 g/mol. The van der Waals surface area contributed by atoms with Crippen LogP contribution in [0.5, 0.6) is 5.75 Å². The molecule has 0 bridgehead atoms. The molecule has 0 saturated heterocycles. The molecule has 1 heterocycles. The number of carbonyl (C=O) groups is 1. The zero-order chi connectivity index (χ0) is 21.0. The minimum Gasteiger partial charge on any atom is -0.488 e. The average Bonchev–Trinajstić information content (AvgIpc) is 2.66. The number of aryl methyl sites for hydroxylation is 2. The Bertz CT molecular complexity index is 931. The summed E-state index contributed by atoms with van der Waals surface area (Å²) in [7, 11) is 0. The third-order valence-corrected chi connectivity index (χ3v) is 5.28. The predicted molar refractivity (Wildman–Crippen MR) is 113 cm³/mol. The van der Waals surface area contributed by atoms with Crippen LogP contribution in [-0.4, -0.2) is 23.0 Å². The second-order valence-electron chi connectivity index (χ2n) is 8.01. The van der Waals surface area contributed by atoms with Crippen molar-refractivity contribution in [3.63, 3.8) is 0 Å². The number of hydrogen-bond acceptors (Lipinski definition) is 3. The van der Waals surface area contributed by atoms with Gasteiger partial charge < -0.3 is 10.1 Å². The number of aromatic nitrogens is 1. The van der Waals surface area contributed by atoms with E-state index in [4.69, 9.17) is 16.3 Å². The Morgan fingerprint density at radius 1 is 1.34 bits per heavy atom. The van der Waals surface area contributed by atoms with E-state index in [0.29, 0.717) is 12.0 Å². The molecule has 1 aromatic heterocycles. The molecule has 1 atom stereocenters. The number of pyridine rings is 1. The van der Waals surface area contributed by atoms with E-state index < -0.39 is 11.4 Å². The van der Waals surface area contributed by atoms with Crippen LogP contribution < -0.4 is 10.1 Å². The summed E-state index contributed by atoms with van der Waals surface area (Å²) in [5.41, 5.74) is 2.50. The van der Waals surface area contributed by atoms with E-state index in [1.165, 1.54) is 6.07 Å². The molecule has 1 aliphatic carbocycles. The van der Waals surface area contributed by atoms with Crippen molar-refractivity contribution in [1.29, 1.82) is 0 Å². The van der Waals surface area contributed by atoms with Gasteiger partial charge in [0, 0.05) is 5.69 Å². The highest BCUT2D eigenvalue weighted by Gasteiger charge is 2.30. The quantitative estimate of drug-likeness (QED) is 0.493. The molecule has 0 spiro atoms. The molecule has 2 aromatic rings. The van der Waals surface area contributed by atoms with Gasteiger partial charge in [-0.2, -0.15) is 0 Å². The number of carbonyl (C=O) groups excluding carboxylic acids is 1. The van der Waals surface area contributed by atoms with Crippen LogP contribution in [0.15, 0.2) is 42.5 Å². The summed E-state index contributed by atoms with van der Waals surface area (Å²) in [6, 6.07) is 8.04. The van der Waals surface area contributed by atoms with Crippen molar-refractivity contribution >= 4 is 17.5 Å². The first-order chi connectivity index (χ1) is 13.8. The maximum atomic E-state index is 13.9. The van der Waals surface area contributed by atoms with Gasteiger partial charge in [-0.05, 0) is 69.7 Å². The van der Waals surface area contributed by atoms with Gasteiger partial charge in [-0.15, -0.1) is 6.58 Å². The molecule has 1 amide bonds. The summed E-state index contributed by atoms with van der Waals surface area (Å²) in [5.74, 6) is -0.627. The van der Waals surface area contributed by atoms with Gasteiger partial charge in [0.1, 0.15) is 11.8 Å². The summed E-state index contributed by atoms with van der Waals surface area (Å²) in [6.45, 7) is 7.76. The minimum absolute atomic E-state index is 0.0858. The molecule has 0 saturated carbocycles. The van der Waals surface area contributed by atoms with Gasteiger partial charge in [0.2, 0.25) is 0 Å². The fraction of sp³-hybridized carbons (Fsp3) is 0.391. The molecule has 154 valence electrons. The number of nitrogens with zero attached hydrogens (tertiary/aromatic N) is 1. The molecule has 6 heteroatoms. The van der Waals surface area contributed by atoms with Crippen molar-refractivity contribution in [2.45, 2.75) is 51.5 Å². The maximum absolute atomic E-state index is 13.9. The van der Waals surface area contributed by atoms with Gasteiger partial charge >= 0.3 is 0 Å². The number of hydrogen-bond donors (Lipinski definition) is 1. The fourth-order valence-electron chi connectivity index (χ4n) is 3.71. The second-order valence-corrected chi connectivity index (χ2v) is 8.37. The number of amides is 1. The van der Waals surface area contributed by atoms with E-state index in [0.717, 1.165) is 42.5 Å². The molecular formula is C23H26ClFN2O2. The van der Waals surface area contributed by atoms with Gasteiger partial charge in [0.25, 0.3) is 5.91 Å². The molecule has 1 aromatic carbocycles. The van der Waals surface area contributed by atoms with Gasteiger partial charge in [-0.3, -0.25) is 4.79 Å². The van der Waals surface area contributed by atoms with Crippen LogP contribution in [0.4, 0.5) is 4.39 Å². The second kappa shape index (κ2) is 8.95. The number of nitrogens with one attached hydrogen (secondary N) is 1. The summed E-state index contributed by atoms with van der Waals surface area (Å²) in [6.07, 6.45) is 4.44. The SMILES string of the molecule is C=C(C)CC(C)(COc1ccccc1F)NC(=O)c1cc2c(nc1Cl)CCCC2. The Morgan fingerprint density at radius 3 is 2.79 bits per heavy atom. The summed E-state index contributed by atoms with van der Waals surface area (Å²) >= 11 is 6.31. The minimum atomic E-state index is -0.787. The molecule has 0 aliphatic heterocycles. The zero-order valence-electron chi connectivity index (χ0n) is 16.9. The molecular weight excluding hydrogens is 391 g/mol. The predicted octanol–water partition coefficient (Wildman–Crippen LogP) is 5.29. The van der Waals surface area contributed by atoms with Gasteiger partial charge in [0.15, 0.2) is 11.6 Å². The van der Waals surface area contributed by atoms with E-state index in [1.807, 2.05) is 19.9 Å². The summed E-state index contributed by atoms with van der Waals surface area (Å²) in [5, 5.41) is 3.21. The number of ether oxygens (including phenoxy) is 1. The number of rotatable bonds is 7. The number of halogens is 2. The maximum Gasteiger partial charge on any atom is 0.254 e. The molecule has 3 rings (SSSR count). The van der Waals surface area contributed by atoms with Crippen molar-refractivity contribution in [2.75, 3.05) is 6.61 Å². The van der Waals surface area contributed by atoms with Crippen LogP contribution in [-0.2, 0) is 12.8 Å². The van der Waals surface area contributed by atoms with Crippen LogP contribution in [0.1, 0.15) is 54.7 Å². The monoisotopic (exact) mass is 416 g/mol. The first-order valence-electron chi connectivity index (χ1n) is 9.80. The Labute approximate surface area is 176 Å². The normalized spacial score (nSPS) is 15.2. The lowest BCUT2D eigenvalue weighted by Crippen LogP contribution is -2.50. The van der Waals surface area contributed by atoms with E-state index in [2.05, 4.69) is 16.9 Å². The van der Waals surface area contributed by atoms with E-state index in [1.54, 1.807) is 18.2 Å². The summed E-state index contributed by atoms with van der Waals surface area (Å²) in [4.78, 5) is 17.5. The highest BCUT2D eigenvalue weighted by atomic mass is 35.5. The van der Waals surface area contributed by atoms with E-state index in [-0.39, 0.29) is 23.4 Å². The Balaban J connectivity index is 1.79. The standard InChI is InChI=1S/C23H26ClFN2O2/c1-15(2)13-23(3,14-29-20-11-7-5-9-18(20)25)27-22(28)17-12-16-8-4-6-10-19(16)26-21(17)24/h5,7,9,11-12H,1,4,6,8,10,13-14H2,2-3H3,(H,27,28). The highest BCUT2D eigenvalue weighted by Crippen LogP contribution is 2.26. The molecule has 1 aliphatic rings. The molecule has 4 nitrogen and oxygen atoms in total. The first kappa shape index (κ1) is 21.3. The van der Waals surface area contributed by atoms with E-state index in [9.17, 15) is 9.18 Å². The largest absolute Gasteiger partial charge is 0.488 e. The van der Waals surface area contributed by atoms with Crippen LogP contribution in [0, 0.1) is 5.82 Å². The van der Waals surface area contributed by atoms with Crippen LogP contribution in [0.2, 0.25) is 5.15 Å². The smallest absolute Gasteiger partial charge is 0.254 e. The molecule has 29 heavy (non-hydrogen) atoms. The van der Waals surface area contributed by atoms with Crippen LogP contribution in [0.25, 0.3) is 0 Å². The lowest BCUT2D eigenvalue weighted by molar-refractivity contribution is 0.0864. The van der Waals surface area contributed by atoms with Crippen molar-refractivity contribution in [2.24, 2.45) is 0 Å². The highest BCUT2D eigenvalue weighted by molar-refractivity contribution is 6.32. The lowest BCUT2D eigenvalue weighted by atomic mass is 9.93. The molecule has 0 fully saturated rings. The molecule has 1 N–H and O–H groups in total. The summed E-state index contributed by atoms with van der Waals surface area (Å²) < 4.78 is 19.6. The molecule has 1 unspecified atom stereocenters. The van der Waals surface area contributed by atoms with Crippen molar-refractivity contribution in [3.8, 4) is 5.75 Å². The van der Waals surface area contributed by atoms with Crippen LogP contribution in [0.3, 0.4) is 0 Å². The Morgan fingerprint density at radius 2 is 2.07 bits per heavy atom. The topological polar surface area (TPSA) is 51.2 Å². The Hall–Kier alpha value is -2.40. The van der Waals surface area contributed by atoms with E-state index >= 15 is 0 Å². The zero-order valence-corrected chi connectivity index (χ0v) is 17.6. The van der Waals surface area contributed by atoms with Crippen molar-refractivity contribution in [3.05, 3.63) is 70.3 Å². The lowest BCUT2D eigenvalue weighted by Gasteiger charge is -2.31. The molecule has 0 radical (unpaired) electrons. The fourth-order valence-corrected chi connectivity index (χ4v) is 3.95. The Kier molecular flexibility index (Phi) is 6.58. The first-order valence-corrected chi connectivity index (χ1v) is 10.2. The number of benzene rings is 1. The van der Waals surface area contributed by atoms with Crippen LogP contribution >= 0.6 is 11.6 Å². The van der Waals surface area contributed by atoms with Crippen molar-refractivity contribution < 1.29 is 13.9 Å². The third-order valence-electron chi connectivity index (χ3n) is 4.99. The van der Waals surface area contributed by atoms with Gasteiger partial charge in [-0.25, -0.2) is 9.37 Å². The van der Waals surface area contributed by atoms with Gasteiger partial charge in [-0.1, -0.05) is 29.3 Å². The number of para-hydroxylation sites is 1. The third kappa shape index (κ3) is 5.36. The van der Waals surface area contributed by atoms with Crippen molar-refractivity contribution in [1.82, 2.24) is 10.3 Å². The van der Waals surface area contributed by atoms with Gasteiger partial charge in [0.05, 0.1) is 11.1 Å². The number of fused-ring (bicyclic) bond motifs is 1.